The van der Waals surface area contributed by atoms with Crippen molar-refractivity contribution in [1.29, 1.82) is 5.41 Å². The van der Waals surface area contributed by atoms with E-state index in [1.54, 1.807) is 59.7 Å². The molecule has 0 aliphatic rings. The molecule has 6 N–H and O–H groups in total. The lowest BCUT2D eigenvalue weighted by Crippen LogP contribution is -2.37. The molecule has 0 saturated carbocycles. The summed E-state index contributed by atoms with van der Waals surface area (Å²) in [6, 6.07) is 10.6. The minimum absolute atomic E-state index is 0.00405. The fourth-order valence-corrected chi connectivity index (χ4v) is 4.34. The molecule has 0 aliphatic heterocycles. The van der Waals surface area contributed by atoms with Gasteiger partial charge in [-0.05, 0) is 89.9 Å². The number of benzene rings is 2. The number of aromatic nitrogens is 1. The molecule has 2 aromatic carbocycles. The van der Waals surface area contributed by atoms with Crippen LogP contribution in [-0.4, -0.2) is 55.0 Å². The smallest absolute Gasteiger partial charge is 0.413 e. The van der Waals surface area contributed by atoms with Crippen LogP contribution >= 0.6 is 0 Å². The summed E-state index contributed by atoms with van der Waals surface area (Å²) in [6.07, 6.45) is -0.446. The molecule has 0 atom stereocenters. The highest BCUT2D eigenvalue weighted by atomic mass is 32.2. The van der Waals surface area contributed by atoms with Crippen molar-refractivity contribution in [3.05, 3.63) is 64.8 Å². The first kappa shape index (κ1) is 31.3. The Balaban J connectivity index is 1.84. The molecule has 0 bridgehead atoms. The number of rotatable bonds is 7. The first-order chi connectivity index (χ1) is 18.8. The molecule has 0 fully saturated rings. The molecule has 2 amide bonds. The fraction of sp³-hybridized carbons (Fsp3) is 0.357. The zero-order valence-electron chi connectivity index (χ0n) is 23.8. The number of H-pyrrole nitrogens is 1. The van der Waals surface area contributed by atoms with E-state index in [0.717, 1.165) is 5.56 Å². The maximum atomic E-state index is 13.0. The summed E-state index contributed by atoms with van der Waals surface area (Å²) >= 11 is 0. The molecule has 12 nitrogen and oxygen atoms in total. The molecule has 3 rings (SSSR count). The van der Waals surface area contributed by atoms with Gasteiger partial charge in [-0.1, -0.05) is 6.07 Å². The lowest BCUT2D eigenvalue weighted by atomic mass is 10.0. The van der Waals surface area contributed by atoms with Crippen molar-refractivity contribution < 1.29 is 32.3 Å². The van der Waals surface area contributed by atoms with Crippen LogP contribution in [0.4, 0.5) is 4.79 Å². The van der Waals surface area contributed by atoms with E-state index in [4.69, 9.17) is 20.0 Å². The number of sulfonamides is 1. The number of alkyl carbamates (subject to hydrolysis) is 1. The Hall–Kier alpha value is -4.23. The van der Waals surface area contributed by atoms with Gasteiger partial charge in [-0.3, -0.25) is 15.5 Å². The van der Waals surface area contributed by atoms with Crippen molar-refractivity contribution in [2.45, 2.75) is 64.1 Å². The predicted molar refractivity (Wildman–Crippen MR) is 154 cm³/mol. The third kappa shape index (κ3) is 8.63. The molecular weight excluding hydrogens is 550 g/mol. The number of nitrogens with two attached hydrogens (primary N) is 1. The number of carbonyl (C=O) groups excluding carboxylic acids is 3. The maximum Gasteiger partial charge on any atom is 0.413 e. The highest BCUT2D eigenvalue weighted by molar-refractivity contribution is 7.89. The molecule has 0 radical (unpaired) electrons. The number of nitrogens with one attached hydrogen (secondary N) is 4. The zero-order valence-corrected chi connectivity index (χ0v) is 24.6. The summed E-state index contributed by atoms with van der Waals surface area (Å²) < 4.78 is 33.6. The van der Waals surface area contributed by atoms with Crippen molar-refractivity contribution >= 4 is 44.7 Å². The van der Waals surface area contributed by atoms with E-state index in [2.05, 4.69) is 15.6 Å². The Bertz CT molecular complexity index is 1600. The number of fused-ring (bicyclic) bond motifs is 1. The van der Waals surface area contributed by atoms with Gasteiger partial charge in [-0.25, -0.2) is 23.1 Å². The van der Waals surface area contributed by atoms with Gasteiger partial charge in [-0.2, -0.15) is 0 Å². The number of amidine groups is 1. The second-order valence-corrected chi connectivity index (χ2v) is 12.9. The predicted octanol–water partition coefficient (Wildman–Crippen LogP) is 3.59. The van der Waals surface area contributed by atoms with Crippen molar-refractivity contribution in [2.24, 2.45) is 5.14 Å². The van der Waals surface area contributed by atoms with Crippen LogP contribution in [0.3, 0.4) is 0 Å². The number of carbonyl (C=O) groups is 3. The third-order valence-corrected chi connectivity index (χ3v) is 6.42. The van der Waals surface area contributed by atoms with Gasteiger partial charge < -0.3 is 19.8 Å². The topological polar surface area (TPSA) is 194 Å². The Morgan fingerprint density at radius 2 is 1.56 bits per heavy atom. The lowest BCUT2D eigenvalue weighted by molar-refractivity contribution is 0.00629. The number of amides is 2. The lowest BCUT2D eigenvalue weighted by Gasteiger charge is -2.21. The molecule has 13 heteroatoms. The average molecular weight is 586 g/mol. The van der Waals surface area contributed by atoms with Gasteiger partial charge in [0, 0.05) is 23.0 Å². The number of primary sulfonamides is 1. The van der Waals surface area contributed by atoms with E-state index in [1.165, 1.54) is 24.3 Å². The quantitative estimate of drug-likeness (QED) is 0.159. The number of ether oxygens (including phenoxy) is 2. The van der Waals surface area contributed by atoms with E-state index in [1.807, 2.05) is 0 Å². The number of aromatic amines is 1. The third-order valence-electron chi connectivity index (χ3n) is 5.49. The second-order valence-electron chi connectivity index (χ2n) is 11.3. The Labute approximate surface area is 238 Å². The van der Waals surface area contributed by atoms with Crippen LogP contribution in [-0.2, 0) is 25.9 Å². The van der Waals surface area contributed by atoms with Crippen molar-refractivity contribution in [3.8, 4) is 0 Å². The van der Waals surface area contributed by atoms with Crippen LogP contribution in [0.5, 0.6) is 0 Å². The molecule has 220 valence electrons. The van der Waals surface area contributed by atoms with Gasteiger partial charge in [-0.15, -0.1) is 0 Å². The molecule has 3 aromatic rings. The Kier molecular flexibility index (Phi) is 8.94. The van der Waals surface area contributed by atoms with Crippen molar-refractivity contribution in [3.63, 3.8) is 0 Å². The highest BCUT2D eigenvalue weighted by Gasteiger charge is 2.28. The number of hydrogen-bond acceptors (Lipinski definition) is 8. The minimum atomic E-state index is -3.86. The van der Waals surface area contributed by atoms with Crippen LogP contribution in [0.15, 0.2) is 47.4 Å². The number of hydrogen-bond donors (Lipinski definition) is 5. The van der Waals surface area contributed by atoms with Crippen LogP contribution in [0, 0.1) is 5.41 Å². The van der Waals surface area contributed by atoms with Gasteiger partial charge in [0.25, 0.3) is 5.91 Å². The zero-order chi connectivity index (χ0) is 30.8. The van der Waals surface area contributed by atoms with Crippen molar-refractivity contribution in [2.75, 3.05) is 6.54 Å². The maximum absolute atomic E-state index is 13.0. The van der Waals surface area contributed by atoms with E-state index in [-0.39, 0.29) is 34.1 Å². The monoisotopic (exact) mass is 585 g/mol. The summed E-state index contributed by atoms with van der Waals surface area (Å²) in [5.74, 6) is -1.44. The van der Waals surface area contributed by atoms with E-state index >= 15 is 0 Å². The summed E-state index contributed by atoms with van der Waals surface area (Å²) in [5, 5.41) is 19.4. The number of esters is 1. The van der Waals surface area contributed by atoms with Gasteiger partial charge in [0.2, 0.25) is 10.0 Å². The van der Waals surface area contributed by atoms with E-state index in [0.29, 0.717) is 17.3 Å². The van der Waals surface area contributed by atoms with Crippen LogP contribution in [0.25, 0.3) is 10.9 Å². The minimum Gasteiger partial charge on any atom is -0.455 e. The molecule has 1 heterocycles. The van der Waals surface area contributed by atoms with E-state index < -0.39 is 39.2 Å². The average Bonchev–Trinajstić information content (AvgIpc) is 3.20. The largest absolute Gasteiger partial charge is 0.455 e. The summed E-state index contributed by atoms with van der Waals surface area (Å²) in [6.45, 7) is 10.5. The second kappa shape index (κ2) is 11.7. The van der Waals surface area contributed by atoms with Crippen LogP contribution < -0.4 is 15.8 Å². The normalized spacial score (nSPS) is 12.1. The van der Waals surface area contributed by atoms with Crippen molar-refractivity contribution in [1.82, 2.24) is 15.6 Å². The summed E-state index contributed by atoms with van der Waals surface area (Å²) in [7, 11) is -3.86. The SMILES string of the molecule is CC(C)(C)OC(=O)NC(=N)c1c(C(=O)OC(C)(C)C)[nH]c2ccc(CCNC(=O)c3ccc(S(N)(=O)=O)cc3)cc12. The van der Waals surface area contributed by atoms with Gasteiger partial charge >= 0.3 is 12.1 Å². The molecule has 0 aliphatic carbocycles. The highest BCUT2D eigenvalue weighted by Crippen LogP contribution is 2.26. The Morgan fingerprint density at radius 1 is 0.951 bits per heavy atom. The summed E-state index contributed by atoms with van der Waals surface area (Å²) in [4.78, 5) is 40.8. The fourth-order valence-electron chi connectivity index (χ4n) is 3.82. The van der Waals surface area contributed by atoms with E-state index in [9.17, 15) is 22.8 Å². The molecule has 1 aromatic heterocycles. The Morgan fingerprint density at radius 3 is 2.12 bits per heavy atom. The molecule has 0 spiro atoms. The van der Waals surface area contributed by atoms with Gasteiger partial charge in [0.05, 0.1) is 10.5 Å². The van der Waals surface area contributed by atoms with Crippen LogP contribution in [0.1, 0.15) is 73.5 Å². The van der Waals surface area contributed by atoms with Gasteiger partial charge in [0.1, 0.15) is 22.7 Å². The van der Waals surface area contributed by atoms with Gasteiger partial charge in [0.15, 0.2) is 0 Å². The molecular formula is C28H35N5O7S. The standard InChI is InChI=1S/C28H35N5O7S/c1-27(2,3)39-25(35)22-21(23(29)33-26(36)40-28(4,5)6)19-15-16(7-12-20(19)32-22)13-14-31-24(34)17-8-10-18(11-9-17)41(30,37)38/h7-12,15,32H,13-14H2,1-6H3,(H,31,34)(H2,29,33,36)(H2,30,37,38). The molecule has 0 unspecified atom stereocenters. The van der Waals surface area contributed by atoms with Crippen LogP contribution in [0.2, 0.25) is 0 Å². The first-order valence-corrected chi connectivity index (χ1v) is 14.3. The molecule has 41 heavy (non-hydrogen) atoms. The molecule has 0 saturated heterocycles. The summed E-state index contributed by atoms with van der Waals surface area (Å²) in [5.41, 5.74) is 0.146. The first-order valence-electron chi connectivity index (χ1n) is 12.7.